The lowest BCUT2D eigenvalue weighted by Gasteiger charge is -2.42. The van der Waals surface area contributed by atoms with Gasteiger partial charge in [0.15, 0.2) is 0 Å². The largest absolute Gasteiger partial charge is 0.481 e. The Labute approximate surface area is 95.5 Å². The van der Waals surface area contributed by atoms with Crippen LogP contribution < -0.4 is 4.74 Å². The maximum absolute atomic E-state index is 10.6. The quantitative estimate of drug-likeness (QED) is 0.785. The number of hydrogen-bond donors (Lipinski definition) is 1. The summed E-state index contributed by atoms with van der Waals surface area (Å²) >= 11 is 0. The summed E-state index contributed by atoms with van der Waals surface area (Å²) in [5.74, 6) is 1.26. The van der Waals surface area contributed by atoms with Crippen LogP contribution in [0.3, 0.4) is 0 Å². The molecule has 0 aromatic carbocycles. The van der Waals surface area contributed by atoms with E-state index in [0.717, 1.165) is 36.9 Å². The second-order valence-electron chi connectivity index (χ2n) is 5.05. The van der Waals surface area contributed by atoms with Crippen molar-refractivity contribution >= 4 is 0 Å². The number of fused-ring (bicyclic) bond motifs is 4. The molecule has 1 heterocycles. The van der Waals surface area contributed by atoms with Gasteiger partial charge in [-0.1, -0.05) is 0 Å². The van der Waals surface area contributed by atoms with Crippen LogP contribution in [0.5, 0.6) is 5.88 Å². The maximum atomic E-state index is 10.6. The summed E-state index contributed by atoms with van der Waals surface area (Å²) in [6.07, 6.45) is 5.14. The summed E-state index contributed by atoms with van der Waals surface area (Å²) in [5, 5.41) is 10.6. The summed E-state index contributed by atoms with van der Waals surface area (Å²) < 4.78 is 5.14. The molecule has 2 bridgehead atoms. The molecule has 2 aliphatic carbocycles. The number of pyridine rings is 1. The molecule has 86 valence electrons. The van der Waals surface area contributed by atoms with Gasteiger partial charge in [-0.15, -0.1) is 0 Å². The highest BCUT2D eigenvalue weighted by Crippen LogP contribution is 2.46. The standard InChI is InChI=1S/C13H17NO2/c1-16-12-5-4-10-11(14-12)7-9-3-2-6-13(10,15)8-9/h4-5,9,15H,2-3,6-8H2,1H3. The normalized spacial score (nSPS) is 32.0. The predicted octanol–water partition coefficient (Wildman–Crippen LogP) is 2.02. The smallest absolute Gasteiger partial charge is 0.213 e. The van der Waals surface area contributed by atoms with Crippen LogP contribution in [-0.4, -0.2) is 17.2 Å². The number of nitrogens with zero attached hydrogens (tertiary/aromatic N) is 1. The van der Waals surface area contributed by atoms with Crippen LogP contribution in [-0.2, 0) is 12.0 Å². The minimum atomic E-state index is -0.615. The number of aromatic nitrogens is 1. The Balaban J connectivity index is 2.08. The highest BCUT2D eigenvalue weighted by molar-refractivity contribution is 5.34. The van der Waals surface area contributed by atoms with E-state index in [-0.39, 0.29) is 0 Å². The lowest BCUT2D eigenvalue weighted by molar-refractivity contribution is -0.0314. The molecule has 3 nitrogen and oxygen atoms in total. The number of hydrogen-bond acceptors (Lipinski definition) is 3. The van der Waals surface area contributed by atoms with Gasteiger partial charge in [0.2, 0.25) is 5.88 Å². The lowest BCUT2D eigenvalue weighted by atomic mass is 9.68. The third-order valence-corrected chi connectivity index (χ3v) is 3.97. The van der Waals surface area contributed by atoms with Gasteiger partial charge in [-0.05, 0) is 44.1 Å². The molecule has 3 rings (SSSR count). The van der Waals surface area contributed by atoms with Crippen molar-refractivity contribution in [2.75, 3.05) is 7.11 Å². The molecule has 0 saturated heterocycles. The van der Waals surface area contributed by atoms with E-state index in [1.807, 2.05) is 12.1 Å². The van der Waals surface area contributed by atoms with Gasteiger partial charge in [0.1, 0.15) is 0 Å². The minimum Gasteiger partial charge on any atom is -0.481 e. The van der Waals surface area contributed by atoms with E-state index >= 15 is 0 Å². The van der Waals surface area contributed by atoms with Gasteiger partial charge in [0.05, 0.1) is 18.4 Å². The first kappa shape index (κ1) is 10.1. The van der Waals surface area contributed by atoms with E-state index in [4.69, 9.17) is 4.74 Å². The van der Waals surface area contributed by atoms with Crippen molar-refractivity contribution in [3.8, 4) is 5.88 Å². The fourth-order valence-corrected chi connectivity index (χ4v) is 3.23. The molecule has 1 N–H and O–H groups in total. The Morgan fingerprint density at radius 3 is 3.19 bits per heavy atom. The second kappa shape index (κ2) is 3.45. The Morgan fingerprint density at radius 2 is 2.38 bits per heavy atom. The summed E-state index contributed by atoms with van der Waals surface area (Å²) in [6, 6.07) is 3.84. The summed E-state index contributed by atoms with van der Waals surface area (Å²) in [6.45, 7) is 0. The lowest BCUT2D eigenvalue weighted by Crippen LogP contribution is -2.38. The van der Waals surface area contributed by atoms with E-state index in [1.165, 1.54) is 6.42 Å². The molecule has 16 heavy (non-hydrogen) atoms. The molecular formula is C13H17NO2. The van der Waals surface area contributed by atoms with E-state index in [9.17, 15) is 5.11 Å². The average Bonchev–Trinajstić information content (AvgIpc) is 2.28. The fourth-order valence-electron chi connectivity index (χ4n) is 3.23. The first-order valence-electron chi connectivity index (χ1n) is 5.98. The van der Waals surface area contributed by atoms with Crippen LogP contribution in [0.2, 0.25) is 0 Å². The Kier molecular flexibility index (Phi) is 2.18. The molecule has 2 aliphatic rings. The molecule has 0 spiro atoms. The van der Waals surface area contributed by atoms with Crippen molar-refractivity contribution in [2.45, 2.75) is 37.7 Å². The monoisotopic (exact) mass is 219 g/mol. The van der Waals surface area contributed by atoms with Crippen LogP contribution in [0.25, 0.3) is 0 Å². The van der Waals surface area contributed by atoms with E-state index < -0.39 is 5.60 Å². The molecule has 3 heteroatoms. The zero-order valence-corrected chi connectivity index (χ0v) is 9.57. The van der Waals surface area contributed by atoms with Crippen molar-refractivity contribution in [3.05, 3.63) is 23.4 Å². The van der Waals surface area contributed by atoms with Gasteiger partial charge in [-0.3, -0.25) is 0 Å². The summed E-state index contributed by atoms with van der Waals surface area (Å²) in [7, 11) is 1.63. The van der Waals surface area contributed by atoms with Gasteiger partial charge in [0, 0.05) is 11.6 Å². The topological polar surface area (TPSA) is 42.4 Å². The predicted molar refractivity (Wildman–Crippen MR) is 60.3 cm³/mol. The van der Waals surface area contributed by atoms with Crippen LogP contribution >= 0.6 is 0 Å². The van der Waals surface area contributed by atoms with Gasteiger partial charge in [0.25, 0.3) is 0 Å². The van der Waals surface area contributed by atoms with Gasteiger partial charge in [-0.2, -0.15) is 0 Å². The van der Waals surface area contributed by atoms with Crippen LogP contribution in [0.4, 0.5) is 0 Å². The molecule has 2 unspecified atom stereocenters. The Hall–Kier alpha value is -1.09. The molecule has 0 aliphatic heterocycles. The van der Waals surface area contributed by atoms with Crippen molar-refractivity contribution in [3.63, 3.8) is 0 Å². The van der Waals surface area contributed by atoms with Crippen molar-refractivity contribution in [1.82, 2.24) is 4.98 Å². The van der Waals surface area contributed by atoms with Gasteiger partial charge in [-0.25, -0.2) is 4.98 Å². The SMILES string of the molecule is COc1ccc2c(n1)CC1CCCC2(O)C1. The number of aliphatic hydroxyl groups is 1. The van der Waals surface area contributed by atoms with E-state index in [0.29, 0.717) is 11.8 Å². The van der Waals surface area contributed by atoms with Gasteiger partial charge >= 0.3 is 0 Å². The molecule has 2 atom stereocenters. The first-order valence-corrected chi connectivity index (χ1v) is 5.98. The van der Waals surface area contributed by atoms with Crippen molar-refractivity contribution in [1.29, 1.82) is 0 Å². The first-order chi connectivity index (χ1) is 7.71. The van der Waals surface area contributed by atoms with Crippen molar-refractivity contribution in [2.24, 2.45) is 5.92 Å². The molecule has 0 amide bonds. The molecule has 1 saturated carbocycles. The van der Waals surface area contributed by atoms with E-state index in [2.05, 4.69) is 4.98 Å². The molecule has 1 aromatic rings. The second-order valence-corrected chi connectivity index (χ2v) is 5.05. The summed E-state index contributed by atoms with van der Waals surface area (Å²) in [4.78, 5) is 4.48. The molecule has 1 aromatic heterocycles. The highest BCUT2D eigenvalue weighted by Gasteiger charge is 2.42. The van der Waals surface area contributed by atoms with E-state index in [1.54, 1.807) is 7.11 Å². The third-order valence-electron chi connectivity index (χ3n) is 3.97. The number of methoxy groups -OCH3 is 1. The number of rotatable bonds is 1. The fraction of sp³-hybridized carbons (Fsp3) is 0.615. The Bertz CT molecular complexity index is 418. The maximum Gasteiger partial charge on any atom is 0.213 e. The highest BCUT2D eigenvalue weighted by atomic mass is 16.5. The molecular weight excluding hydrogens is 202 g/mol. The van der Waals surface area contributed by atoms with Crippen LogP contribution in [0.1, 0.15) is 36.9 Å². The zero-order chi connectivity index (χ0) is 11.2. The van der Waals surface area contributed by atoms with Gasteiger partial charge < -0.3 is 9.84 Å². The Morgan fingerprint density at radius 1 is 1.50 bits per heavy atom. The summed E-state index contributed by atoms with van der Waals surface area (Å²) in [5.41, 5.74) is 1.46. The molecule has 1 fully saturated rings. The van der Waals surface area contributed by atoms with Crippen molar-refractivity contribution < 1.29 is 9.84 Å². The number of ether oxygens (including phenoxy) is 1. The third kappa shape index (κ3) is 1.42. The van der Waals surface area contributed by atoms with Crippen LogP contribution in [0, 0.1) is 5.92 Å². The average molecular weight is 219 g/mol. The minimum absolute atomic E-state index is 0.603. The molecule has 0 radical (unpaired) electrons. The van der Waals surface area contributed by atoms with Crippen LogP contribution in [0.15, 0.2) is 12.1 Å². The zero-order valence-electron chi connectivity index (χ0n) is 9.57.